The van der Waals surface area contributed by atoms with Gasteiger partial charge in [0.05, 0.1) is 11.8 Å². The second-order valence-electron chi connectivity index (χ2n) is 6.33. The van der Waals surface area contributed by atoms with Gasteiger partial charge in [0.2, 0.25) is 0 Å². The Balaban J connectivity index is 2.47. The summed E-state index contributed by atoms with van der Waals surface area (Å²) in [7, 11) is 0. The Hall–Kier alpha value is -2.09. The lowest BCUT2D eigenvalue weighted by Crippen LogP contribution is -2.22. The molecule has 0 radical (unpaired) electrons. The van der Waals surface area contributed by atoms with Crippen LogP contribution in [0.25, 0.3) is 0 Å². The lowest BCUT2D eigenvalue weighted by molar-refractivity contribution is 0.471. The minimum Gasteiger partial charge on any atom is -0.507 e. The van der Waals surface area contributed by atoms with Crippen molar-refractivity contribution in [2.24, 2.45) is 10.4 Å². The molecule has 21 heavy (non-hydrogen) atoms. The fourth-order valence-corrected chi connectivity index (χ4v) is 2.34. The van der Waals surface area contributed by atoms with Crippen LogP contribution in [0.3, 0.4) is 0 Å². The second-order valence-corrected chi connectivity index (χ2v) is 6.33. The van der Waals surface area contributed by atoms with Crippen LogP contribution in [-0.2, 0) is 0 Å². The van der Waals surface area contributed by atoms with E-state index in [1.54, 1.807) is 6.07 Å². The molecule has 0 fully saturated rings. The van der Waals surface area contributed by atoms with Gasteiger partial charge in [-0.05, 0) is 24.6 Å². The van der Waals surface area contributed by atoms with Gasteiger partial charge in [0.25, 0.3) is 0 Å². The summed E-state index contributed by atoms with van der Waals surface area (Å²) in [5.74, 6) is 0.284. The Morgan fingerprint density at radius 2 is 1.52 bits per heavy atom. The van der Waals surface area contributed by atoms with E-state index in [4.69, 9.17) is 4.99 Å². The van der Waals surface area contributed by atoms with Crippen LogP contribution in [0.5, 0.6) is 5.75 Å². The van der Waals surface area contributed by atoms with E-state index < -0.39 is 0 Å². The Morgan fingerprint density at radius 1 is 0.952 bits per heavy atom. The summed E-state index contributed by atoms with van der Waals surface area (Å²) in [6, 6.07) is 17.7. The third kappa shape index (κ3) is 3.72. The molecule has 0 saturated heterocycles. The maximum atomic E-state index is 10.1. The van der Waals surface area contributed by atoms with E-state index in [1.807, 2.05) is 36.4 Å². The normalized spacial score (nSPS) is 14.0. The summed E-state index contributed by atoms with van der Waals surface area (Å²) in [5.41, 5.74) is 2.78. The lowest BCUT2D eigenvalue weighted by Gasteiger charge is -2.24. The molecule has 2 rings (SSSR count). The van der Waals surface area contributed by atoms with Gasteiger partial charge in [0.15, 0.2) is 0 Å². The number of hydrogen-bond donors (Lipinski definition) is 1. The zero-order valence-corrected chi connectivity index (χ0v) is 13.2. The van der Waals surface area contributed by atoms with Crippen molar-refractivity contribution in [3.05, 3.63) is 65.7 Å². The van der Waals surface area contributed by atoms with Gasteiger partial charge < -0.3 is 5.11 Å². The van der Waals surface area contributed by atoms with Gasteiger partial charge in [0.1, 0.15) is 5.75 Å². The van der Waals surface area contributed by atoms with Crippen molar-refractivity contribution in [3.8, 4) is 5.75 Å². The van der Waals surface area contributed by atoms with Crippen molar-refractivity contribution in [1.82, 2.24) is 0 Å². The molecule has 2 aromatic rings. The number of phenols is 1. The zero-order chi connectivity index (χ0) is 15.5. The lowest BCUT2D eigenvalue weighted by atomic mass is 9.84. The summed E-state index contributed by atoms with van der Waals surface area (Å²) in [6.07, 6.45) is 0. The molecule has 2 aromatic carbocycles. The monoisotopic (exact) mass is 281 g/mol. The Labute approximate surface area is 127 Å². The molecule has 0 bridgehead atoms. The Bertz CT molecular complexity index is 624. The van der Waals surface area contributed by atoms with Crippen LogP contribution in [0.1, 0.15) is 44.9 Å². The molecule has 0 aliphatic rings. The maximum Gasteiger partial charge on any atom is 0.124 e. The molecule has 1 atom stereocenters. The summed E-state index contributed by atoms with van der Waals surface area (Å²) >= 11 is 0. The highest BCUT2D eigenvalue weighted by atomic mass is 16.3. The van der Waals surface area contributed by atoms with Gasteiger partial charge in [-0.1, -0.05) is 63.2 Å². The molecule has 0 spiro atoms. The molecule has 2 heteroatoms. The van der Waals surface area contributed by atoms with Crippen molar-refractivity contribution < 1.29 is 5.11 Å². The van der Waals surface area contributed by atoms with Crippen LogP contribution < -0.4 is 0 Å². The van der Waals surface area contributed by atoms with Gasteiger partial charge in [-0.15, -0.1) is 0 Å². The number of phenolic OH excluding ortho intramolecular Hbond substituents is 1. The van der Waals surface area contributed by atoms with E-state index >= 15 is 0 Å². The predicted molar refractivity (Wildman–Crippen MR) is 89.0 cm³/mol. The number of rotatable bonds is 3. The van der Waals surface area contributed by atoms with Crippen molar-refractivity contribution in [2.75, 3.05) is 0 Å². The molecule has 1 N–H and O–H groups in total. The highest BCUT2D eigenvalue weighted by molar-refractivity contribution is 6.06. The SMILES string of the molecule is C[C@@H](N=C(c1ccccc1O)C(C)(C)C)c1ccccc1. The molecule has 0 saturated carbocycles. The largest absolute Gasteiger partial charge is 0.507 e. The van der Waals surface area contributed by atoms with Crippen LogP contribution in [0.2, 0.25) is 0 Å². The first kappa shape index (κ1) is 15.3. The third-order valence-corrected chi connectivity index (χ3v) is 3.47. The van der Waals surface area contributed by atoms with Gasteiger partial charge in [-0.2, -0.15) is 0 Å². The molecule has 0 aliphatic heterocycles. The molecular formula is C19H23NO. The highest BCUT2D eigenvalue weighted by Crippen LogP contribution is 2.30. The number of para-hydroxylation sites is 1. The first-order valence-corrected chi connectivity index (χ1v) is 7.31. The minimum atomic E-state index is -0.137. The Morgan fingerprint density at radius 3 is 2.10 bits per heavy atom. The third-order valence-electron chi connectivity index (χ3n) is 3.47. The van der Waals surface area contributed by atoms with Crippen LogP contribution in [-0.4, -0.2) is 10.8 Å². The van der Waals surface area contributed by atoms with E-state index in [9.17, 15) is 5.11 Å². The molecule has 0 heterocycles. The smallest absolute Gasteiger partial charge is 0.124 e. The van der Waals surface area contributed by atoms with Crippen molar-refractivity contribution in [3.63, 3.8) is 0 Å². The van der Waals surface area contributed by atoms with E-state index in [2.05, 4.69) is 39.8 Å². The maximum absolute atomic E-state index is 10.1. The number of aliphatic imine (C=N–C) groups is 1. The summed E-state index contributed by atoms with van der Waals surface area (Å²) in [6.45, 7) is 8.45. The fourth-order valence-electron chi connectivity index (χ4n) is 2.34. The zero-order valence-electron chi connectivity index (χ0n) is 13.2. The molecule has 0 unspecified atom stereocenters. The number of benzene rings is 2. The first-order valence-electron chi connectivity index (χ1n) is 7.31. The summed E-state index contributed by atoms with van der Waals surface area (Å²) in [4.78, 5) is 4.91. The standard InChI is InChI=1S/C19H23NO/c1-14(15-10-6-5-7-11-15)20-18(19(2,3)4)16-12-8-9-13-17(16)21/h5-14,21H,1-4H3/t14-/m1/s1. The first-order chi connectivity index (χ1) is 9.89. The molecule has 0 aliphatic carbocycles. The molecule has 0 amide bonds. The quantitative estimate of drug-likeness (QED) is 0.790. The highest BCUT2D eigenvalue weighted by Gasteiger charge is 2.23. The van der Waals surface area contributed by atoms with Gasteiger partial charge in [-0.25, -0.2) is 0 Å². The van der Waals surface area contributed by atoms with Crippen molar-refractivity contribution >= 4 is 5.71 Å². The predicted octanol–water partition coefficient (Wildman–Crippen LogP) is 4.99. The summed E-state index contributed by atoms with van der Waals surface area (Å²) < 4.78 is 0. The second kappa shape index (κ2) is 6.13. The van der Waals surface area contributed by atoms with Crippen molar-refractivity contribution in [1.29, 1.82) is 0 Å². The van der Waals surface area contributed by atoms with Crippen molar-refractivity contribution in [2.45, 2.75) is 33.7 Å². The number of nitrogens with zero attached hydrogens (tertiary/aromatic N) is 1. The van der Waals surface area contributed by atoms with E-state index in [0.29, 0.717) is 0 Å². The molecule has 110 valence electrons. The minimum absolute atomic E-state index is 0.0556. The van der Waals surface area contributed by atoms with E-state index in [-0.39, 0.29) is 17.2 Å². The number of hydrogen-bond acceptors (Lipinski definition) is 2. The van der Waals surface area contributed by atoms with Gasteiger partial charge >= 0.3 is 0 Å². The Kier molecular flexibility index (Phi) is 4.46. The van der Waals surface area contributed by atoms with Crippen LogP contribution >= 0.6 is 0 Å². The topological polar surface area (TPSA) is 32.6 Å². The average Bonchev–Trinajstić information content (AvgIpc) is 2.45. The summed E-state index contributed by atoms with van der Waals surface area (Å²) in [5, 5.41) is 10.1. The molecular weight excluding hydrogens is 258 g/mol. The van der Waals surface area contributed by atoms with Crippen LogP contribution in [0.15, 0.2) is 59.6 Å². The van der Waals surface area contributed by atoms with Gasteiger partial charge in [0, 0.05) is 11.0 Å². The molecule has 2 nitrogen and oxygen atoms in total. The van der Waals surface area contributed by atoms with Gasteiger partial charge in [-0.3, -0.25) is 4.99 Å². The van der Waals surface area contributed by atoms with Crippen LogP contribution in [0.4, 0.5) is 0 Å². The van der Waals surface area contributed by atoms with Crippen LogP contribution in [0, 0.1) is 5.41 Å². The van der Waals surface area contributed by atoms with E-state index in [0.717, 1.165) is 11.3 Å². The average molecular weight is 281 g/mol. The fraction of sp³-hybridized carbons (Fsp3) is 0.316. The molecule has 0 aromatic heterocycles. The number of aromatic hydroxyl groups is 1. The van der Waals surface area contributed by atoms with E-state index in [1.165, 1.54) is 5.56 Å².